The summed E-state index contributed by atoms with van der Waals surface area (Å²) < 4.78 is 5.79. The van der Waals surface area contributed by atoms with Gasteiger partial charge in [-0.15, -0.1) is 0 Å². The van der Waals surface area contributed by atoms with Crippen LogP contribution in [0.2, 0.25) is 10.0 Å². The van der Waals surface area contributed by atoms with Crippen molar-refractivity contribution in [2.75, 3.05) is 6.54 Å². The van der Waals surface area contributed by atoms with Crippen molar-refractivity contribution in [3.8, 4) is 5.75 Å². The van der Waals surface area contributed by atoms with Gasteiger partial charge in [-0.25, -0.2) is 4.99 Å². The van der Waals surface area contributed by atoms with E-state index >= 15 is 0 Å². The van der Waals surface area contributed by atoms with Crippen LogP contribution < -0.4 is 4.74 Å². The summed E-state index contributed by atoms with van der Waals surface area (Å²) in [5.41, 5.74) is 2.26. The van der Waals surface area contributed by atoms with Gasteiger partial charge in [0.15, 0.2) is 5.17 Å². The van der Waals surface area contributed by atoms with E-state index in [4.69, 9.17) is 27.9 Å². The molecule has 0 unspecified atom stereocenters. The number of amidine groups is 1. The van der Waals surface area contributed by atoms with Crippen molar-refractivity contribution in [3.63, 3.8) is 0 Å². The van der Waals surface area contributed by atoms with Crippen molar-refractivity contribution in [3.05, 3.63) is 103 Å². The summed E-state index contributed by atoms with van der Waals surface area (Å²) in [7, 11) is 0. The molecule has 0 aliphatic carbocycles. The molecule has 1 saturated heterocycles. The molecule has 1 aliphatic rings. The molecule has 37 heavy (non-hydrogen) atoms. The second kappa shape index (κ2) is 11.8. The Labute approximate surface area is 228 Å². The van der Waals surface area contributed by atoms with E-state index in [1.807, 2.05) is 18.2 Å². The number of carbonyl (C=O) groups excluding carboxylic acids is 1. The largest absolute Gasteiger partial charge is 0.487 e. The molecule has 190 valence electrons. The third-order valence-corrected chi connectivity index (χ3v) is 6.84. The van der Waals surface area contributed by atoms with Crippen molar-refractivity contribution in [2.45, 2.75) is 20.5 Å². The number of nitrogens with zero attached hydrogens (tertiary/aromatic N) is 3. The number of hydrogen-bond acceptors (Lipinski definition) is 6. The zero-order valence-electron chi connectivity index (χ0n) is 20.1. The Morgan fingerprint density at radius 3 is 2.41 bits per heavy atom. The predicted molar refractivity (Wildman–Crippen MR) is 150 cm³/mol. The molecular weight excluding hydrogens is 533 g/mol. The Bertz CT molecular complexity index is 1370. The Morgan fingerprint density at radius 2 is 1.78 bits per heavy atom. The molecule has 0 radical (unpaired) electrons. The van der Waals surface area contributed by atoms with E-state index in [0.717, 1.165) is 11.1 Å². The first kappa shape index (κ1) is 26.7. The highest BCUT2D eigenvalue weighted by atomic mass is 35.5. The van der Waals surface area contributed by atoms with Crippen LogP contribution in [-0.2, 0) is 11.4 Å². The van der Waals surface area contributed by atoms with E-state index in [2.05, 4.69) is 18.8 Å². The molecule has 0 spiro atoms. The number of rotatable bonds is 8. The lowest BCUT2D eigenvalue weighted by Gasteiger charge is -2.17. The summed E-state index contributed by atoms with van der Waals surface area (Å²) in [6.07, 6.45) is 1.79. The summed E-state index contributed by atoms with van der Waals surface area (Å²) in [5.74, 6) is 0.626. The quantitative estimate of drug-likeness (QED) is 0.161. The second-order valence-electron chi connectivity index (χ2n) is 8.69. The smallest absolute Gasteiger partial charge is 0.269 e. The normalized spacial score (nSPS) is 15.7. The lowest BCUT2D eigenvalue weighted by molar-refractivity contribution is -0.384. The number of amides is 1. The third-order valence-electron chi connectivity index (χ3n) is 5.28. The molecule has 3 aromatic rings. The van der Waals surface area contributed by atoms with Crippen LogP contribution in [0.1, 0.15) is 25.0 Å². The molecule has 10 heteroatoms. The molecule has 0 aromatic heterocycles. The van der Waals surface area contributed by atoms with Crippen LogP contribution in [0.25, 0.3) is 6.08 Å². The number of benzene rings is 3. The summed E-state index contributed by atoms with van der Waals surface area (Å²) in [6.45, 7) is 4.86. The third kappa shape index (κ3) is 6.91. The molecule has 4 rings (SSSR count). The van der Waals surface area contributed by atoms with E-state index in [9.17, 15) is 14.9 Å². The number of carbonyl (C=O) groups is 1. The molecule has 7 nitrogen and oxygen atoms in total. The van der Waals surface area contributed by atoms with Crippen LogP contribution in [0.15, 0.2) is 76.6 Å². The van der Waals surface area contributed by atoms with Gasteiger partial charge in [-0.2, -0.15) is 0 Å². The SMILES string of the molecule is CC(C)CN1C(=O)/C(=C/c2ccc(OCc3ccc([N+](=O)[O-])cc3)c(Cl)c2)SC1=Nc1ccc(Cl)cc1. The lowest BCUT2D eigenvalue weighted by atomic mass is 10.2. The number of ether oxygens (including phenoxy) is 1. The fraction of sp³-hybridized carbons (Fsp3) is 0.185. The van der Waals surface area contributed by atoms with Gasteiger partial charge in [-0.3, -0.25) is 19.8 Å². The maximum Gasteiger partial charge on any atom is 0.269 e. The minimum Gasteiger partial charge on any atom is -0.487 e. The van der Waals surface area contributed by atoms with Crippen LogP contribution in [0, 0.1) is 16.0 Å². The Hall–Kier alpha value is -3.33. The van der Waals surface area contributed by atoms with Gasteiger partial charge in [0.25, 0.3) is 11.6 Å². The molecule has 1 aliphatic heterocycles. The number of nitro groups is 1. The average molecular weight is 556 g/mol. The van der Waals surface area contributed by atoms with E-state index < -0.39 is 4.92 Å². The van der Waals surface area contributed by atoms with Crippen molar-refractivity contribution >= 4 is 63.5 Å². The molecule has 1 heterocycles. The van der Waals surface area contributed by atoms with Gasteiger partial charge in [0.1, 0.15) is 12.4 Å². The number of non-ortho nitro benzene ring substituents is 1. The minimum atomic E-state index is -0.448. The standard InChI is InChI=1S/C27H23Cl2N3O4S/c1-17(2)15-31-26(33)25(37-27(31)30-21-8-6-20(28)7-9-21)14-19-5-12-24(23(29)13-19)36-16-18-3-10-22(11-4-18)32(34)35/h3-14,17H,15-16H2,1-2H3/b25-14-,30-27?. The van der Waals surface area contributed by atoms with Crippen molar-refractivity contribution in [1.82, 2.24) is 4.90 Å². The molecule has 0 saturated carbocycles. The van der Waals surface area contributed by atoms with Crippen LogP contribution in [0.3, 0.4) is 0 Å². The average Bonchev–Trinajstić information content (AvgIpc) is 3.13. The Balaban J connectivity index is 1.51. The zero-order valence-corrected chi connectivity index (χ0v) is 22.4. The number of hydrogen-bond donors (Lipinski definition) is 0. The van der Waals surface area contributed by atoms with Gasteiger partial charge < -0.3 is 4.74 Å². The second-order valence-corrected chi connectivity index (χ2v) is 10.5. The van der Waals surface area contributed by atoms with Crippen LogP contribution in [0.4, 0.5) is 11.4 Å². The molecular formula is C27H23Cl2N3O4S. The molecule has 1 amide bonds. The Morgan fingerprint density at radius 1 is 1.08 bits per heavy atom. The molecule has 0 N–H and O–H groups in total. The van der Waals surface area contributed by atoms with Crippen LogP contribution in [0.5, 0.6) is 5.75 Å². The topological polar surface area (TPSA) is 85.0 Å². The fourth-order valence-electron chi connectivity index (χ4n) is 3.49. The summed E-state index contributed by atoms with van der Waals surface area (Å²) in [4.78, 5) is 30.5. The lowest BCUT2D eigenvalue weighted by Crippen LogP contribution is -2.32. The van der Waals surface area contributed by atoms with Gasteiger partial charge in [0.2, 0.25) is 0 Å². The number of thioether (sulfide) groups is 1. The highest BCUT2D eigenvalue weighted by molar-refractivity contribution is 8.18. The van der Waals surface area contributed by atoms with E-state index in [1.165, 1.54) is 23.9 Å². The number of halogens is 2. The zero-order chi connectivity index (χ0) is 26.5. The van der Waals surface area contributed by atoms with Gasteiger partial charge in [0.05, 0.1) is 20.5 Å². The maximum atomic E-state index is 13.2. The first-order valence-corrected chi connectivity index (χ1v) is 13.0. The first-order chi connectivity index (χ1) is 17.7. The van der Waals surface area contributed by atoms with Crippen LogP contribution >= 0.6 is 35.0 Å². The highest BCUT2D eigenvalue weighted by Gasteiger charge is 2.33. The maximum absolute atomic E-state index is 13.2. The van der Waals surface area contributed by atoms with Gasteiger partial charge in [-0.05, 0) is 83.4 Å². The predicted octanol–water partition coefficient (Wildman–Crippen LogP) is 7.74. The van der Waals surface area contributed by atoms with E-state index in [-0.39, 0.29) is 24.1 Å². The van der Waals surface area contributed by atoms with Crippen LogP contribution in [-0.4, -0.2) is 27.4 Å². The summed E-state index contributed by atoms with van der Waals surface area (Å²) >= 11 is 13.7. The summed E-state index contributed by atoms with van der Waals surface area (Å²) in [5, 5.41) is 12.4. The van der Waals surface area contributed by atoms with Crippen molar-refractivity contribution < 1.29 is 14.5 Å². The number of aliphatic imine (C=N–C) groups is 1. The minimum absolute atomic E-state index is 0.0202. The van der Waals surface area contributed by atoms with Gasteiger partial charge in [0, 0.05) is 23.7 Å². The monoisotopic (exact) mass is 555 g/mol. The molecule has 1 fully saturated rings. The van der Waals surface area contributed by atoms with Crippen molar-refractivity contribution in [1.29, 1.82) is 0 Å². The van der Waals surface area contributed by atoms with E-state index in [1.54, 1.807) is 47.4 Å². The van der Waals surface area contributed by atoms with Gasteiger partial charge in [-0.1, -0.05) is 43.1 Å². The van der Waals surface area contributed by atoms with Crippen molar-refractivity contribution in [2.24, 2.45) is 10.9 Å². The Kier molecular flexibility index (Phi) is 8.53. The van der Waals surface area contributed by atoms with Gasteiger partial charge >= 0.3 is 0 Å². The summed E-state index contributed by atoms with van der Waals surface area (Å²) in [6, 6.07) is 18.6. The first-order valence-electron chi connectivity index (χ1n) is 11.4. The highest BCUT2D eigenvalue weighted by Crippen LogP contribution is 2.36. The van der Waals surface area contributed by atoms with E-state index in [0.29, 0.717) is 38.1 Å². The molecule has 3 aromatic carbocycles. The number of nitro benzene ring substituents is 1. The fourth-order valence-corrected chi connectivity index (χ4v) is 4.87. The molecule has 0 atom stereocenters. The molecule has 0 bridgehead atoms.